The van der Waals surface area contributed by atoms with E-state index in [1.165, 1.54) is 7.11 Å². The topological polar surface area (TPSA) is 59.5 Å². The third-order valence-corrected chi connectivity index (χ3v) is 3.39. The van der Waals surface area contributed by atoms with Crippen LogP contribution in [0, 0.1) is 12.8 Å². The summed E-state index contributed by atoms with van der Waals surface area (Å²) >= 11 is 0. The number of carbonyl (C=O) groups is 2. The Morgan fingerprint density at radius 1 is 1.47 bits per heavy atom. The Hall–Kier alpha value is -1.91. The van der Waals surface area contributed by atoms with Crippen LogP contribution >= 0.6 is 0 Å². The summed E-state index contributed by atoms with van der Waals surface area (Å²) in [6, 6.07) is 3.47. The lowest BCUT2D eigenvalue weighted by molar-refractivity contribution is -0.146. The quantitative estimate of drug-likeness (QED) is 0.756. The molecular formula is C14H18N2O3. The number of methoxy groups -OCH3 is 1. The van der Waals surface area contributed by atoms with Crippen molar-refractivity contribution in [3.05, 3.63) is 29.6 Å². The second kappa shape index (κ2) is 5.82. The number of amides is 1. The van der Waals surface area contributed by atoms with Crippen LogP contribution in [-0.2, 0) is 9.53 Å². The van der Waals surface area contributed by atoms with Crippen molar-refractivity contribution in [2.24, 2.45) is 5.92 Å². The maximum atomic E-state index is 12.4. The summed E-state index contributed by atoms with van der Waals surface area (Å²) in [7, 11) is 1.38. The van der Waals surface area contributed by atoms with Gasteiger partial charge in [-0.05, 0) is 31.9 Å². The second-order valence-electron chi connectivity index (χ2n) is 4.80. The molecule has 1 saturated heterocycles. The van der Waals surface area contributed by atoms with Crippen molar-refractivity contribution in [3.8, 4) is 0 Å². The van der Waals surface area contributed by atoms with Crippen LogP contribution in [-0.4, -0.2) is 42.0 Å². The standard InChI is InChI=1S/C14H18N2O3/c1-10-8-11(5-6-15-10)13(17)16-7-3-4-12(9-16)14(18)19-2/h5-6,8,12H,3-4,7,9H2,1-2H3/t12-/m0/s1. The molecule has 1 atom stereocenters. The Balaban J connectivity index is 2.09. The summed E-state index contributed by atoms with van der Waals surface area (Å²) in [5.41, 5.74) is 1.44. The van der Waals surface area contributed by atoms with Crippen LogP contribution in [0.25, 0.3) is 0 Å². The van der Waals surface area contributed by atoms with Crippen LogP contribution in [0.5, 0.6) is 0 Å². The van der Waals surface area contributed by atoms with Gasteiger partial charge >= 0.3 is 5.97 Å². The number of rotatable bonds is 2. The fourth-order valence-electron chi connectivity index (χ4n) is 2.38. The molecule has 2 heterocycles. The van der Waals surface area contributed by atoms with Crippen LogP contribution in [0.15, 0.2) is 18.3 Å². The third kappa shape index (κ3) is 3.10. The van der Waals surface area contributed by atoms with Crippen LogP contribution in [0.1, 0.15) is 28.9 Å². The predicted molar refractivity (Wildman–Crippen MR) is 69.6 cm³/mol. The number of hydrogen-bond acceptors (Lipinski definition) is 4. The normalized spacial score (nSPS) is 19.1. The zero-order valence-corrected chi connectivity index (χ0v) is 11.3. The van der Waals surface area contributed by atoms with Crippen LogP contribution in [0.2, 0.25) is 0 Å². The summed E-state index contributed by atoms with van der Waals surface area (Å²) in [5.74, 6) is -0.479. The summed E-state index contributed by atoms with van der Waals surface area (Å²) < 4.78 is 4.76. The van der Waals surface area contributed by atoms with Gasteiger partial charge in [0.05, 0.1) is 13.0 Å². The highest BCUT2D eigenvalue weighted by atomic mass is 16.5. The molecule has 19 heavy (non-hydrogen) atoms. The first kappa shape index (κ1) is 13.5. The van der Waals surface area contributed by atoms with Crippen molar-refractivity contribution in [2.75, 3.05) is 20.2 Å². The number of pyridine rings is 1. The van der Waals surface area contributed by atoms with E-state index in [2.05, 4.69) is 4.98 Å². The molecular weight excluding hydrogens is 244 g/mol. The number of ether oxygens (including phenoxy) is 1. The molecule has 1 aliphatic heterocycles. The summed E-state index contributed by atoms with van der Waals surface area (Å²) in [6.07, 6.45) is 3.24. The number of aromatic nitrogens is 1. The monoisotopic (exact) mass is 262 g/mol. The number of piperidine rings is 1. The third-order valence-electron chi connectivity index (χ3n) is 3.39. The lowest BCUT2D eigenvalue weighted by Gasteiger charge is -2.31. The van der Waals surface area contributed by atoms with Crippen LogP contribution in [0.3, 0.4) is 0 Å². The van der Waals surface area contributed by atoms with Crippen molar-refractivity contribution in [3.63, 3.8) is 0 Å². The van der Waals surface area contributed by atoms with Gasteiger partial charge in [-0.25, -0.2) is 0 Å². The molecule has 5 heteroatoms. The average molecular weight is 262 g/mol. The van der Waals surface area contributed by atoms with E-state index in [1.807, 2.05) is 6.92 Å². The van der Waals surface area contributed by atoms with E-state index in [4.69, 9.17) is 4.74 Å². The lowest BCUT2D eigenvalue weighted by Crippen LogP contribution is -2.42. The van der Waals surface area contributed by atoms with E-state index in [1.54, 1.807) is 23.2 Å². The second-order valence-corrected chi connectivity index (χ2v) is 4.80. The maximum Gasteiger partial charge on any atom is 0.310 e. The molecule has 1 fully saturated rings. The van der Waals surface area contributed by atoms with Crippen LogP contribution in [0.4, 0.5) is 0 Å². The fraction of sp³-hybridized carbons (Fsp3) is 0.500. The Labute approximate surface area is 112 Å². The number of carbonyl (C=O) groups excluding carboxylic acids is 2. The molecule has 0 unspecified atom stereocenters. The van der Waals surface area contributed by atoms with Gasteiger partial charge in [0.25, 0.3) is 5.91 Å². The van der Waals surface area contributed by atoms with Crippen LogP contribution < -0.4 is 0 Å². The van der Waals surface area contributed by atoms with Gasteiger partial charge in [-0.2, -0.15) is 0 Å². The van der Waals surface area contributed by atoms with E-state index < -0.39 is 0 Å². The minimum absolute atomic E-state index is 0.0425. The Morgan fingerprint density at radius 2 is 2.26 bits per heavy atom. The van der Waals surface area contributed by atoms with Gasteiger partial charge in [0.1, 0.15) is 0 Å². The van der Waals surface area contributed by atoms with Crippen molar-refractivity contribution >= 4 is 11.9 Å². The van der Waals surface area contributed by atoms with Crippen molar-refractivity contribution in [2.45, 2.75) is 19.8 Å². The SMILES string of the molecule is COC(=O)[C@H]1CCCN(C(=O)c2ccnc(C)c2)C1. The molecule has 0 N–H and O–H groups in total. The highest BCUT2D eigenvalue weighted by Gasteiger charge is 2.29. The molecule has 0 saturated carbocycles. The Bertz CT molecular complexity index is 487. The van der Waals surface area contributed by atoms with E-state index in [-0.39, 0.29) is 17.8 Å². The zero-order chi connectivity index (χ0) is 13.8. The number of nitrogens with zero attached hydrogens (tertiary/aromatic N) is 2. The largest absolute Gasteiger partial charge is 0.469 e. The average Bonchev–Trinajstić information content (AvgIpc) is 2.45. The molecule has 102 valence electrons. The van der Waals surface area contributed by atoms with E-state index in [0.29, 0.717) is 18.7 Å². The summed E-state index contributed by atoms with van der Waals surface area (Å²) in [5, 5.41) is 0. The number of likely N-dealkylation sites (tertiary alicyclic amines) is 1. The molecule has 1 aliphatic rings. The van der Waals surface area contributed by atoms with Gasteiger partial charge in [-0.3, -0.25) is 14.6 Å². The van der Waals surface area contributed by atoms with Crippen molar-refractivity contribution < 1.29 is 14.3 Å². The Kier molecular flexibility index (Phi) is 4.14. The molecule has 0 radical (unpaired) electrons. The number of esters is 1. The van der Waals surface area contributed by atoms with Gasteiger partial charge in [-0.1, -0.05) is 0 Å². The molecule has 2 rings (SSSR count). The molecule has 1 amide bonds. The summed E-state index contributed by atoms with van der Waals surface area (Å²) in [4.78, 5) is 29.7. The molecule has 1 aromatic rings. The predicted octanol–water partition coefficient (Wildman–Crippen LogP) is 1.42. The highest BCUT2D eigenvalue weighted by molar-refractivity contribution is 5.94. The number of aryl methyl sites for hydroxylation is 1. The van der Waals surface area contributed by atoms with Gasteiger partial charge in [0.15, 0.2) is 0 Å². The molecule has 0 spiro atoms. The zero-order valence-electron chi connectivity index (χ0n) is 11.3. The number of hydrogen-bond donors (Lipinski definition) is 0. The first-order valence-corrected chi connectivity index (χ1v) is 6.41. The lowest BCUT2D eigenvalue weighted by atomic mass is 9.97. The maximum absolute atomic E-state index is 12.4. The van der Waals surface area contributed by atoms with Gasteiger partial charge in [-0.15, -0.1) is 0 Å². The van der Waals surface area contributed by atoms with Gasteiger partial charge in [0.2, 0.25) is 0 Å². The Morgan fingerprint density at radius 3 is 2.95 bits per heavy atom. The van der Waals surface area contributed by atoms with Crippen molar-refractivity contribution in [1.29, 1.82) is 0 Å². The fourth-order valence-corrected chi connectivity index (χ4v) is 2.38. The first-order chi connectivity index (χ1) is 9.11. The highest BCUT2D eigenvalue weighted by Crippen LogP contribution is 2.19. The van der Waals surface area contributed by atoms with E-state index >= 15 is 0 Å². The minimum atomic E-state index is -0.233. The molecule has 0 aromatic carbocycles. The van der Waals surface area contributed by atoms with Crippen molar-refractivity contribution in [1.82, 2.24) is 9.88 Å². The first-order valence-electron chi connectivity index (χ1n) is 6.41. The smallest absolute Gasteiger partial charge is 0.310 e. The van der Waals surface area contributed by atoms with Gasteiger partial charge in [0, 0.05) is 30.5 Å². The van der Waals surface area contributed by atoms with Gasteiger partial charge < -0.3 is 9.64 Å². The summed E-state index contributed by atoms with van der Waals surface area (Å²) in [6.45, 7) is 2.98. The minimum Gasteiger partial charge on any atom is -0.469 e. The molecule has 5 nitrogen and oxygen atoms in total. The molecule has 0 aliphatic carbocycles. The molecule has 1 aromatic heterocycles. The van der Waals surface area contributed by atoms with E-state index in [9.17, 15) is 9.59 Å². The van der Waals surface area contributed by atoms with E-state index in [0.717, 1.165) is 18.5 Å². The molecule has 0 bridgehead atoms.